The Kier molecular flexibility index (Phi) is 4.90. The molecule has 0 amide bonds. The van der Waals surface area contributed by atoms with Crippen molar-refractivity contribution >= 4 is 18.1 Å². The van der Waals surface area contributed by atoms with Crippen molar-refractivity contribution in [2.75, 3.05) is 24.5 Å². The second-order valence-corrected chi connectivity index (χ2v) is 3.77. The lowest BCUT2D eigenvalue weighted by Gasteiger charge is -2.36. The monoisotopic (exact) mass is 260 g/mol. The summed E-state index contributed by atoms with van der Waals surface area (Å²) in [6.07, 6.45) is 1.75. The van der Waals surface area contributed by atoms with Gasteiger partial charge in [0.2, 0.25) is 0 Å². The zero-order chi connectivity index (χ0) is 11.5. The van der Waals surface area contributed by atoms with Crippen LogP contribution in [-0.2, 0) is 0 Å². The molecule has 2 nitrogen and oxygen atoms in total. The maximum absolute atomic E-state index is 13.6. The molecule has 5 heteroatoms. The van der Waals surface area contributed by atoms with E-state index in [9.17, 15) is 8.78 Å². The van der Waals surface area contributed by atoms with Gasteiger partial charge in [0.1, 0.15) is 0 Å². The van der Waals surface area contributed by atoms with Crippen LogP contribution in [-0.4, -0.2) is 25.7 Å². The molecule has 0 unspecified atom stereocenters. The van der Waals surface area contributed by atoms with Gasteiger partial charge in [0.05, 0.1) is 11.7 Å². The Morgan fingerprint density at radius 1 is 1.41 bits per heavy atom. The van der Waals surface area contributed by atoms with Gasteiger partial charge in [-0.15, -0.1) is 19.0 Å². The number of hydrogen-bond donors (Lipinski definition) is 1. The highest BCUT2D eigenvalue weighted by atomic mass is 35.5. The number of halogens is 3. The van der Waals surface area contributed by atoms with Crippen LogP contribution in [0.5, 0.6) is 0 Å². The number of anilines is 1. The second kappa shape index (κ2) is 5.98. The summed E-state index contributed by atoms with van der Waals surface area (Å²) in [6, 6.07) is 4.25. The van der Waals surface area contributed by atoms with Crippen molar-refractivity contribution in [2.45, 2.75) is 6.04 Å². The van der Waals surface area contributed by atoms with Crippen molar-refractivity contribution in [1.82, 2.24) is 5.32 Å². The molecule has 1 saturated heterocycles. The molecular formula is C12H15ClF2N2. The molecule has 2 rings (SSSR count). The van der Waals surface area contributed by atoms with Crippen LogP contribution in [0.25, 0.3) is 0 Å². The lowest BCUT2D eigenvalue weighted by Crippen LogP contribution is -2.50. The smallest absolute Gasteiger partial charge is 0.182 e. The summed E-state index contributed by atoms with van der Waals surface area (Å²) in [5.74, 6) is -1.59. The van der Waals surface area contributed by atoms with Crippen molar-refractivity contribution in [3.8, 4) is 0 Å². The first kappa shape index (κ1) is 13.9. The number of piperazine rings is 1. The Morgan fingerprint density at radius 2 is 2.18 bits per heavy atom. The third-order valence-corrected chi connectivity index (χ3v) is 2.80. The average molecular weight is 261 g/mol. The van der Waals surface area contributed by atoms with Gasteiger partial charge in [-0.25, -0.2) is 8.78 Å². The molecule has 0 spiro atoms. The molecule has 0 saturated carbocycles. The topological polar surface area (TPSA) is 15.3 Å². The maximum atomic E-state index is 13.6. The summed E-state index contributed by atoms with van der Waals surface area (Å²) < 4.78 is 26.7. The maximum Gasteiger partial charge on any atom is 0.182 e. The summed E-state index contributed by atoms with van der Waals surface area (Å²) in [5, 5.41) is 3.19. The van der Waals surface area contributed by atoms with E-state index in [0.717, 1.165) is 12.6 Å². The van der Waals surface area contributed by atoms with E-state index < -0.39 is 11.6 Å². The van der Waals surface area contributed by atoms with Crippen molar-refractivity contribution in [3.63, 3.8) is 0 Å². The van der Waals surface area contributed by atoms with E-state index in [0.29, 0.717) is 18.8 Å². The Hall–Kier alpha value is -1.13. The standard InChI is InChI=1S/C12H14F2N2.ClH/c1-2-9-8-15-6-7-16(9)11-5-3-4-10(13)12(11)14;/h2-5,9,15H,1,6-8H2;1H/t9-;/m0./s1. The first-order valence-corrected chi connectivity index (χ1v) is 5.28. The Bertz CT molecular complexity index is 398. The molecule has 0 aromatic heterocycles. The Labute approximate surface area is 106 Å². The Morgan fingerprint density at radius 3 is 2.88 bits per heavy atom. The van der Waals surface area contributed by atoms with Crippen molar-refractivity contribution in [1.29, 1.82) is 0 Å². The second-order valence-electron chi connectivity index (χ2n) is 3.77. The van der Waals surface area contributed by atoms with Crippen molar-refractivity contribution in [3.05, 3.63) is 42.5 Å². The van der Waals surface area contributed by atoms with Gasteiger partial charge in [-0.1, -0.05) is 12.1 Å². The minimum absolute atomic E-state index is 0. The number of rotatable bonds is 2. The number of hydrogen-bond acceptors (Lipinski definition) is 2. The van der Waals surface area contributed by atoms with Crippen molar-refractivity contribution < 1.29 is 8.78 Å². The van der Waals surface area contributed by atoms with Gasteiger partial charge in [0, 0.05) is 19.6 Å². The van der Waals surface area contributed by atoms with Crippen LogP contribution in [0.1, 0.15) is 0 Å². The summed E-state index contributed by atoms with van der Waals surface area (Å²) >= 11 is 0. The number of benzene rings is 1. The first-order valence-electron chi connectivity index (χ1n) is 5.28. The SMILES string of the molecule is C=C[C@H]1CNCCN1c1cccc(F)c1F.Cl. The van der Waals surface area contributed by atoms with Gasteiger partial charge in [0.15, 0.2) is 11.6 Å². The zero-order valence-corrected chi connectivity index (χ0v) is 10.1. The molecule has 0 radical (unpaired) electrons. The molecule has 94 valence electrons. The lowest BCUT2D eigenvalue weighted by molar-refractivity contribution is 0.485. The van der Waals surface area contributed by atoms with Crippen LogP contribution in [0, 0.1) is 11.6 Å². The van der Waals surface area contributed by atoms with E-state index in [2.05, 4.69) is 11.9 Å². The van der Waals surface area contributed by atoms with Gasteiger partial charge in [-0.3, -0.25) is 0 Å². The average Bonchev–Trinajstić information content (AvgIpc) is 2.33. The van der Waals surface area contributed by atoms with Gasteiger partial charge in [0.25, 0.3) is 0 Å². The fourth-order valence-electron chi connectivity index (χ4n) is 1.95. The molecule has 1 aliphatic heterocycles. The minimum atomic E-state index is -0.807. The summed E-state index contributed by atoms with van der Waals surface area (Å²) in [6.45, 7) is 5.84. The van der Waals surface area contributed by atoms with E-state index in [1.165, 1.54) is 6.07 Å². The highest BCUT2D eigenvalue weighted by molar-refractivity contribution is 5.85. The molecule has 17 heavy (non-hydrogen) atoms. The van der Waals surface area contributed by atoms with Crippen LogP contribution < -0.4 is 10.2 Å². The minimum Gasteiger partial charge on any atom is -0.360 e. The van der Waals surface area contributed by atoms with Crippen LogP contribution in [0.3, 0.4) is 0 Å². The molecule has 1 atom stereocenters. The van der Waals surface area contributed by atoms with Gasteiger partial charge < -0.3 is 10.2 Å². The summed E-state index contributed by atoms with van der Waals surface area (Å²) in [4.78, 5) is 1.84. The van der Waals surface area contributed by atoms with E-state index in [1.54, 1.807) is 12.1 Å². The molecular weight excluding hydrogens is 246 g/mol. The molecule has 0 bridgehead atoms. The highest BCUT2D eigenvalue weighted by Crippen LogP contribution is 2.24. The van der Waals surface area contributed by atoms with Gasteiger partial charge in [-0.05, 0) is 12.1 Å². The third-order valence-electron chi connectivity index (χ3n) is 2.80. The van der Waals surface area contributed by atoms with E-state index in [1.807, 2.05) is 4.90 Å². The van der Waals surface area contributed by atoms with E-state index >= 15 is 0 Å². The molecule has 1 heterocycles. The van der Waals surface area contributed by atoms with Gasteiger partial charge in [-0.2, -0.15) is 0 Å². The molecule has 1 aromatic rings. The molecule has 1 N–H and O–H groups in total. The van der Waals surface area contributed by atoms with E-state index in [4.69, 9.17) is 0 Å². The number of nitrogens with zero attached hydrogens (tertiary/aromatic N) is 1. The lowest BCUT2D eigenvalue weighted by atomic mass is 10.1. The van der Waals surface area contributed by atoms with E-state index in [-0.39, 0.29) is 18.4 Å². The summed E-state index contributed by atoms with van der Waals surface area (Å²) in [5.41, 5.74) is 0.311. The predicted octanol–water partition coefficient (Wildman–Crippen LogP) is 2.35. The molecule has 1 aliphatic rings. The van der Waals surface area contributed by atoms with Gasteiger partial charge >= 0.3 is 0 Å². The largest absolute Gasteiger partial charge is 0.360 e. The fourth-order valence-corrected chi connectivity index (χ4v) is 1.95. The normalized spacial score (nSPS) is 19.6. The fraction of sp³-hybridized carbons (Fsp3) is 0.333. The van der Waals surface area contributed by atoms with Crippen LogP contribution in [0.2, 0.25) is 0 Å². The zero-order valence-electron chi connectivity index (χ0n) is 9.33. The third kappa shape index (κ3) is 2.76. The van der Waals surface area contributed by atoms with Crippen LogP contribution >= 0.6 is 12.4 Å². The molecule has 0 aliphatic carbocycles. The Balaban J connectivity index is 0.00000144. The van der Waals surface area contributed by atoms with Crippen LogP contribution in [0.4, 0.5) is 14.5 Å². The first-order chi connectivity index (χ1) is 7.74. The molecule has 1 aromatic carbocycles. The van der Waals surface area contributed by atoms with Crippen LogP contribution in [0.15, 0.2) is 30.9 Å². The van der Waals surface area contributed by atoms with Crippen molar-refractivity contribution in [2.24, 2.45) is 0 Å². The number of nitrogens with one attached hydrogen (secondary N) is 1. The predicted molar refractivity (Wildman–Crippen MR) is 67.8 cm³/mol. The quantitative estimate of drug-likeness (QED) is 0.822. The highest BCUT2D eigenvalue weighted by Gasteiger charge is 2.23. The molecule has 1 fully saturated rings. The summed E-state index contributed by atoms with van der Waals surface area (Å²) in [7, 11) is 0.